The smallest absolute Gasteiger partial charge is 0.341 e. The van der Waals surface area contributed by atoms with E-state index in [4.69, 9.17) is 18.9 Å². The summed E-state index contributed by atoms with van der Waals surface area (Å²) in [6, 6.07) is 6.05. The minimum absolute atomic E-state index is 0.151. The van der Waals surface area contributed by atoms with E-state index in [-0.39, 0.29) is 6.61 Å². The lowest BCUT2D eigenvalue weighted by atomic mass is 9.68. The Hall–Kier alpha value is -10.3. The van der Waals surface area contributed by atoms with E-state index in [2.05, 4.69) is 13.8 Å². The van der Waals surface area contributed by atoms with Gasteiger partial charge in [-0.3, -0.25) is 9.59 Å². The number of carbonyl (C=O) groups is 3. The Morgan fingerprint density at radius 3 is 0.692 bits per heavy atom. The van der Waals surface area contributed by atoms with E-state index < -0.39 is 40.8 Å². The molecule has 8 nitrogen and oxygen atoms in total. The number of unbranched alkanes of at least 4 members (excludes halogenated alkanes) is 18. The van der Waals surface area contributed by atoms with Crippen LogP contribution in [0.3, 0.4) is 0 Å². The Morgan fingerprint density at radius 2 is 0.471 bits per heavy atom. The Morgan fingerprint density at radius 1 is 0.269 bits per heavy atom. The van der Waals surface area contributed by atoms with Crippen LogP contribution in [0.15, 0.2) is 18.2 Å². The van der Waals surface area contributed by atoms with Crippen LogP contribution in [-0.4, -0.2) is 42.8 Å². The molecule has 0 aromatic heterocycles. The zero-order valence-corrected chi connectivity index (χ0v) is 57.5. The maximum Gasteiger partial charge on any atom is 0.341 e. The van der Waals surface area contributed by atoms with Crippen LogP contribution in [0.4, 0.5) is 0 Å². The van der Waals surface area contributed by atoms with Crippen LogP contribution in [0.2, 0.25) is 0 Å². The molecule has 1 saturated carbocycles. The molecule has 1 N–H and O–H groups in total. The van der Waals surface area contributed by atoms with Gasteiger partial charge in [-0.1, -0.05) is 129 Å². The lowest BCUT2D eigenvalue weighted by Crippen LogP contribution is -2.39. The highest BCUT2D eigenvalue weighted by atomic mass is 16.6. The van der Waals surface area contributed by atoms with Gasteiger partial charge in [0.1, 0.15) is 18.1 Å². The van der Waals surface area contributed by atoms with Crippen molar-refractivity contribution in [3.63, 3.8) is 0 Å². The molecule has 104 heavy (non-hydrogen) atoms. The molecule has 2 spiro atoms. The second-order valence-electron chi connectivity index (χ2n) is 35.4. The van der Waals surface area contributed by atoms with Gasteiger partial charge in [-0.05, 0) is 344 Å². The lowest BCUT2D eigenvalue weighted by Gasteiger charge is -2.32. The second kappa shape index (κ2) is 14.6. The van der Waals surface area contributed by atoms with Gasteiger partial charge in [-0.15, -0.1) is 0 Å². The first-order valence-corrected chi connectivity index (χ1v) is 40.2. The summed E-state index contributed by atoms with van der Waals surface area (Å²) in [5.74, 6) is -1.31. The molecular formula is C96H58O8. The fraction of sp³-hybridized carbons (Fsp3) is 0.302. The predicted molar refractivity (Wildman–Crippen MR) is 426 cm³/mol. The van der Waals surface area contributed by atoms with Gasteiger partial charge in [0.2, 0.25) is 0 Å². The van der Waals surface area contributed by atoms with Crippen molar-refractivity contribution in [2.24, 2.45) is 5.41 Å². The summed E-state index contributed by atoms with van der Waals surface area (Å²) in [6.45, 7) is 4.66. The molecule has 0 unspecified atom stereocenters. The molecule has 5 aliphatic rings. The van der Waals surface area contributed by atoms with Gasteiger partial charge in [-0.2, -0.15) is 0 Å². The SMILES string of the molecule is CCCCCCCCCCCCOc1cc(COC(=O)C2(C(=O)OCC(=O)O)C34c5c6c7c8c9c%10c(c%11c%12c3c3c5c5c%13c6c6c7c7c9c9c%14c%10c%10c%11c%11c%12c%12c3c3c5c5c%13c%13c6c6c7c9c7c9c%14c%10c%10c%11c%11c%12c3c3c5c5c%13c6c7c6c9c%10c%11c3c56)C824)cc(OCCCCCCCCCCCC)c1. The van der Waals surface area contributed by atoms with Crippen LogP contribution in [0.1, 0.15) is 170 Å². The average Bonchev–Trinajstić information content (AvgIpc) is 1.35. The number of carboxylic acid groups (broad SMARTS) is 1. The Labute approximate surface area is 586 Å². The number of carboxylic acids is 1. The molecule has 34 rings (SSSR count). The molecule has 0 amide bonds. The summed E-state index contributed by atoms with van der Waals surface area (Å²) in [6.07, 6.45) is 24.7. The third-order valence-electron chi connectivity index (χ3n) is 32.2. The molecule has 1 fully saturated rings. The zero-order chi connectivity index (χ0) is 66.4. The number of ether oxygens (including phenoxy) is 4. The van der Waals surface area contributed by atoms with E-state index in [0.717, 1.165) is 53.5 Å². The van der Waals surface area contributed by atoms with Crippen LogP contribution in [-0.2, 0) is 41.3 Å². The number of carbonyl (C=O) groups excluding carboxylic acids is 2. The summed E-state index contributed by atoms with van der Waals surface area (Å²) in [7, 11) is 0. The minimum Gasteiger partial charge on any atom is -0.493 e. The van der Waals surface area contributed by atoms with Gasteiger partial charge < -0.3 is 24.1 Å². The van der Waals surface area contributed by atoms with Crippen molar-refractivity contribution < 1.29 is 38.4 Å². The first-order valence-electron chi connectivity index (χ1n) is 40.2. The Bertz CT molecular complexity index is 7820. The first-order chi connectivity index (χ1) is 51.4. The van der Waals surface area contributed by atoms with E-state index in [0.29, 0.717) is 24.7 Å². The van der Waals surface area contributed by atoms with E-state index in [1.54, 1.807) is 0 Å². The third kappa shape index (κ3) is 3.92. The maximum atomic E-state index is 18.1. The quantitative estimate of drug-likeness (QED) is 0.0205. The van der Waals surface area contributed by atoms with Crippen LogP contribution in [0, 0.1) is 5.41 Å². The normalized spacial score (nSPS) is 20.1. The largest absolute Gasteiger partial charge is 0.493 e. The van der Waals surface area contributed by atoms with E-state index >= 15 is 9.59 Å². The molecular weight excluding hydrogens is 1280 g/mol. The minimum atomic E-state index is -2.10. The van der Waals surface area contributed by atoms with Crippen molar-refractivity contribution >= 4 is 309 Å². The summed E-state index contributed by atoms with van der Waals surface area (Å²) < 4.78 is 27.4. The van der Waals surface area contributed by atoms with Gasteiger partial charge in [0.15, 0.2) is 12.0 Å². The second-order valence-corrected chi connectivity index (χ2v) is 35.4. The molecule has 0 aliphatic heterocycles. The number of esters is 2. The number of rotatable bonds is 30. The van der Waals surface area contributed by atoms with Crippen molar-refractivity contribution in [2.75, 3.05) is 19.8 Å². The van der Waals surface area contributed by atoms with Crippen molar-refractivity contribution in [1.82, 2.24) is 0 Å². The van der Waals surface area contributed by atoms with Crippen molar-refractivity contribution in [3.05, 3.63) is 46.0 Å². The number of benzene rings is 19. The summed E-state index contributed by atoms with van der Waals surface area (Å²) in [4.78, 5) is 49.1. The zero-order valence-electron chi connectivity index (χ0n) is 57.5. The molecule has 0 heterocycles. The summed E-state index contributed by atoms with van der Waals surface area (Å²) >= 11 is 0. The summed E-state index contributed by atoms with van der Waals surface area (Å²) in [5, 5.41) is 86.5. The average molecular weight is 1340 g/mol. The Kier molecular flexibility index (Phi) is 7.17. The molecule has 5 aliphatic carbocycles. The van der Waals surface area contributed by atoms with Gasteiger partial charge in [0.25, 0.3) is 0 Å². The third-order valence-corrected chi connectivity index (χ3v) is 32.2. The molecule has 0 saturated heterocycles. The topological polar surface area (TPSA) is 108 Å². The van der Waals surface area contributed by atoms with Gasteiger partial charge in [0, 0.05) is 6.07 Å². The molecule has 0 bridgehead atoms. The first kappa shape index (κ1) is 51.0. The Balaban J connectivity index is 0.664. The molecule has 0 atom stereocenters. The van der Waals surface area contributed by atoms with Crippen molar-refractivity contribution in [1.29, 1.82) is 0 Å². The number of hydrogen-bond donors (Lipinski definition) is 1. The monoisotopic (exact) mass is 1340 g/mol. The van der Waals surface area contributed by atoms with Crippen LogP contribution >= 0.6 is 0 Å². The molecule has 8 heteroatoms. The molecule has 29 aromatic rings. The highest BCUT2D eigenvalue weighted by Gasteiger charge is 3.01. The summed E-state index contributed by atoms with van der Waals surface area (Å²) in [5.41, 5.74) is 0.328. The fourth-order valence-corrected chi connectivity index (χ4v) is 30.2. The van der Waals surface area contributed by atoms with Crippen LogP contribution < -0.4 is 9.47 Å². The van der Waals surface area contributed by atoms with E-state index in [1.807, 2.05) is 18.2 Å². The molecule has 0 radical (unpaired) electrons. The van der Waals surface area contributed by atoms with Crippen molar-refractivity contribution in [2.45, 2.75) is 160 Å². The number of aliphatic carboxylic acids is 1. The van der Waals surface area contributed by atoms with Gasteiger partial charge in [0.05, 0.1) is 24.0 Å². The highest BCUT2D eigenvalue weighted by Crippen LogP contribution is 2.97. The van der Waals surface area contributed by atoms with E-state index in [1.165, 1.54) is 394 Å². The van der Waals surface area contributed by atoms with Crippen LogP contribution in [0.25, 0.3) is 291 Å². The van der Waals surface area contributed by atoms with Gasteiger partial charge in [-0.25, -0.2) is 4.79 Å². The molecule has 29 aromatic carbocycles. The number of hydrogen-bond acceptors (Lipinski definition) is 7. The highest BCUT2D eigenvalue weighted by molar-refractivity contribution is 6.82. The standard InChI is InChI=1S/C96H58O8/c1-3-5-7-9-11-13-15-17-19-21-23-101-31-25-30(26-32(27-31)102-24-22-20-18-16-14-12-10-8-6-4-2)28-103-92(99)96(93(100)104-29-33(97)98)94-88-80-72-62-52-44-36-34-35-38-42-40(36)48-56-50(42)60-54-46(38)47-39(35)43-41-37(34)45(44)53-59-49(41)57-51(43)61-55(47)65-64(54)74-68(60)78-70(56)76(66(72)58(48)52)84(88)86(78)90-82(74)83-75(65)69(61)79-71(57)77-67(59)73(63(53)62)81(80)89(94)85(77)87(79)91(83)95(90,94)96/h25-27H,3-24,28-29H2,1-2H3,(H,97,98). The van der Waals surface area contributed by atoms with Gasteiger partial charge >= 0.3 is 17.9 Å². The maximum absolute atomic E-state index is 18.1. The molecule has 490 valence electrons. The lowest BCUT2D eigenvalue weighted by molar-refractivity contribution is -0.170. The van der Waals surface area contributed by atoms with Crippen LogP contribution in [0.5, 0.6) is 11.5 Å². The van der Waals surface area contributed by atoms with E-state index in [9.17, 15) is 9.90 Å². The predicted octanol–water partition coefficient (Wildman–Crippen LogP) is 25.3. The fourth-order valence-electron chi connectivity index (χ4n) is 30.2. The van der Waals surface area contributed by atoms with Crippen molar-refractivity contribution in [3.8, 4) is 11.5 Å².